The van der Waals surface area contributed by atoms with E-state index in [0.29, 0.717) is 12.5 Å². The molecule has 0 bridgehead atoms. The third kappa shape index (κ3) is 3.20. The Labute approximate surface area is 85.1 Å². The van der Waals surface area contributed by atoms with E-state index in [1.165, 1.54) is 5.56 Å². The van der Waals surface area contributed by atoms with Crippen LogP contribution in [-0.2, 0) is 11.3 Å². The van der Waals surface area contributed by atoms with Crippen molar-refractivity contribution in [1.82, 2.24) is 0 Å². The van der Waals surface area contributed by atoms with Crippen LogP contribution >= 0.6 is 0 Å². The first-order valence-corrected chi connectivity index (χ1v) is 4.77. The van der Waals surface area contributed by atoms with Crippen molar-refractivity contribution < 1.29 is 4.74 Å². The second-order valence-electron chi connectivity index (χ2n) is 3.55. The summed E-state index contributed by atoms with van der Waals surface area (Å²) in [4.78, 5) is 0. The number of hydrogen-bond donors (Lipinski definition) is 0. The molecular formula is C12H15NO. The number of rotatable bonds is 4. The summed E-state index contributed by atoms with van der Waals surface area (Å²) >= 11 is 0. The smallest absolute Gasteiger partial charge is 0.134 e. The van der Waals surface area contributed by atoms with E-state index in [0.717, 1.165) is 5.56 Å². The third-order valence-electron chi connectivity index (χ3n) is 2.08. The molecule has 0 heterocycles. The lowest BCUT2D eigenvalue weighted by Gasteiger charge is -2.06. The molecular weight excluding hydrogens is 174 g/mol. The first-order valence-electron chi connectivity index (χ1n) is 4.77. The van der Waals surface area contributed by atoms with Gasteiger partial charge in [-0.1, -0.05) is 38.1 Å². The summed E-state index contributed by atoms with van der Waals surface area (Å²) in [7, 11) is 0. The van der Waals surface area contributed by atoms with Gasteiger partial charge in [0.05, 0.1) is 12.7 Å². The minimum atomic E-state index is 0.159. The molecule has 0 aliphatic carbocycles. The van der Waals surface area contributed by atoms with Crippen LogP contribution in [0.2, 0.25) is 0 Å². The van der Waals surface area contributed by atoms with Crippen LogP contribution in [0.4, 0.5) is 0 Å². The van der Waals surface area contributed by atoms with E-state index < -0.39 is 0 Å². The van der Waals surface area contributed by atoms with Crippen molar-refractivity contribution in [3.05, 3.63) is 35.4 Å². The van der Waals surface area contributed by atoms with Crippen molar-refractivity contribution >= 4 is 0 Å². The van der Waals surface area contributed by atoms with Gasteiger partial charge in [0, 0.05) is 0 Å². The van der Waals surface area contributed by atoms with Crippen molar-refractivity contribution in [3.8, 4) is 6.07 Å². The second kappa shape index (κ2) is 5.41. The molecule has 0 aliphatic heterocycles. The minimum Gasteiger partial charge on any atom is -0.362 e. The Kier molecular flexibility index (Phi) is 4.15. The maximum absolute atomic E-state index is 8.29. The first-order chi connectivity index (χ1) is 6.74. The minimum absolute atomic E-state index is 0.159. The molecule has 1 aromatic rings. The van der Waals surface area contributed by atoms with Crippen molar-refractivity contribution in [3.63, 3.8) is 0 Å². The summed E-state index contributed by atoms with van der Waals surface area (Å²) in [5.74, 6) is 0.559. The average Bonchev–Trinajstić information content (AvgIpc) is 2.19. The highest BCUT2D eigenvalue weighted by atomic mass is 16.5. The average molecular weight is 189 g/mol. The monoisotopic (exact) mass is 189 g/mol. The van der Waals surface area contributed by atoms with E-state index in [2.05, 4.69) is 26.0 Å². The quantitative estimate of drug-likeness (QED) is 0.682. The van der Waals surface area contributed by atoms with Gasteiger partial charge < -0.3 is 4.74 Å². The molecule has 0 spiro atoms. The third-order valence-corrected chi connectivity index (χ3v) is 2.08. The maximum atomic E-state index is 8.29. The van der Waals surface area contributed by atoms with Gasteiger partial charge in [0.1, 0.15) is 6.61 Å². The molecule has 2 heteroatoms. The summed E-state index contributed by atoms with van der Waals surface area (Å²) in [6.45, 7) is 5.01. The van der Waals surface area contributed by atoms with E-state index in [1.54, 1.807) is 0 Å². The fourth-order valence-corrected chi connectivity index (χ4v) is 1.21. The summed E-state index contributed by atoms with van der Waals surface area (Å²) in [6, 6.07) is 10.3. The fraction of sp³-hybridized carbons (Fsp3) is 0.417. The Hall–Kier alpha value is -1.33. The van der Waals surface area contributed by atoms with E-state index in [1.807, 2.05) is 18.2 Å². The molecule has 0 unspecified atom stereocenters. The standard InChI is InChI=1S/C12H15NO/c1-10(2)12-5-3-11(4-6-12)9-14-8-7-13/h3-6,10H,8-9H2,1-2H3. The lowest BCUT2D eigenvalue weighted by molar-refractivity contribution is 0.152. The SMILES string of the molecule is CC(C)c1ccc(COCC#N)cc1. The zero-order valence-corrected chi connectivity index (χ0v) is 8.66. The Morgan fingerprint density at radius 1 is 1.29 bits per heavy atom. The number of benzene rings is 1. The molecule has 0 fully saturated rings. The lowest BCUT2D eigenvalue weighted by atomic mass is 10.0. The summed E-state index contributed by atoms with van der Waals surface area (Å²) in [5, 5.41) is 8.29. The molecule has 0 N–H and O–H groups in total. The van der Waals surface area contributed by atoms with Crippen LogP contribution in [0.1, 0.15) is 30.9 Å². The molecule has 14 heavy (non-hydrogen) atoms. The van der Waals surface area contributed by atoms with Crippen molar-refractivity contribution in [2.24, 2.45) is 0 Å². The molecule has 0 amide bonds. The predicted octanol–water partition coefficient (Wildman–Crippen LogP) is 2.85. The largest absolute Gasteiger partial charge is 0.362 e. The van der Waals surface area contributed by atoms with Crippen LogP contribution in [0.15, 0.2) is 24.3 Å². The molecule has 2 nitrogen and oxygen atoms in total. The van der Waals surface area contributed by atoms with Gasteiger partial charge in [-0.15, -0.1) is 0 Å². The zero-order valence-electron chi connectivity index (χ0n) is 8.66. The van der Waals surface area contributed by atoms with E-state index in [4.69, 9.17) is 10.00 Å². The molecule has 0 atom stereocenters. The van der Waals surface area contributed by atoms with Crippen LogP contribution in [0, 0.1) is 11.3 Å². The number of nitrogens with zero attached hydrogens (tertiary/aromatic N) is 1. The highest BCUT2D eigenvalue weighted by Crippen LogP contribution is 2.14. The van der Waals surface area contributed by atoms with Crippen molar-refractivity contribution in [2.45, 2.75) is 26.4 Å². The molecule has 0 aliphatic rings. The van der Waals surface area contributed by atoms with E-state index >= 15 is 0 Å². The Morgan fingerprint density at radius 3 is 2.43 bits per heavy atom. The Bertz CT molecular complexity index is 308. The number of ether oxygens (including phenoxy) is 1. The molecule has 0 radical (unpaired) electrons. The number of nitriles is 1. The van der Waals surface area contributed by atoms with Crippen molar-refractivity contribution in [1.29, 1.82) is 5.26 Å². The highest BCUT2D eigenvalue weighted by molar-refractivity contribution is 5.24. The van der Waals surface area contributed by atoms with Gasteiger partial charge in [0.15, 0.2) is 0 Å². The summed E-state index contributed by atoms with van der Waals surface area (Å²) < 4.78 is 5.11. The van der Waals surface area contributed by atoms with Gasteiger partial charge >= 0.3 is 0 Å². The molecule has 0 saturated carbocycles. The normalized spacial score (nSPS) is 10.1. The molecule has 74 valence electrons. The molecule has 0 aromatic heterocycles. The first kappa shape index (κ1) is 10.7. The topological polar surface area (TPSA) is 33.0 Å². The predicted molar refractivity (Wildman–Crippen MR) is 55.8 cm³/mol. The number of hydrogen-bond acceptors (Lipinski definition) is 2. The van der Waals surface area contributed by atoms with Crippen LogP contribution in [0.3, 0.4) is 0 Å². The second-order valence-corrected chi connectivity index (χ2v) is 3.55. The van der Waals surface area contributed by atoms with Crippen LogP contribution in [0.25, 0.3) is 0 Å². The van der Waals surface area contributed by atoms with Gasteiger partial charge in [-0.2, -0.15) is 5.26 Å². The Balaban J connectivity index is 2.52. The lowest BCUT2D eigenvalue weighted by Crippen LogP contribution is -1.94. The fourth-order valence-electron chi connectivity index (χ4n) is 1.21. The summed E-state index contributed by atoms with van der Waals surface area (Å²) in [6.07, 6.45) is 0. The van der Waals surface area contributed by atoms with Gasteiger partial charge in [-0.3, -0.25) is 0 Å². The zero-order chi connectivity index (χ0) is 10.4. The van der Waals surface area contributed by atoms with Gasteiger partial charge in [-0.05, 0) is 17.0 Å². The van der Waals surface area contributed by atoms with Crippen LogP contribution < -0.4 is 0 Å². The molecule has 0 saturated heterocycles. The van der Waals surface area contributed by atoms with Crippen LogP contribution in [-0.4, -0.2) is 6.61 Å². The van der Waals surface area contributed by atoms with Gasteiger partial charge in [0.25, 0.3) is 0 Å². The van der Waals surface area contributed by atoms with E-state index in [9.17, 15) is 0 Å². The Morgan fingerprint density at radius 2 is 1.93 bits per heavy atom. The summed E-state index contributed by atoms with van der Waals surface area (Å²) in [5.41, 5.74) is 2.44. The van der Waals surface area contributed by atoms with Gasteiger partial charge in [0.2, 0.25) is 0 Å². The van der Waals surface area contributed by atoms with Gasteiger partial charge in [-0.25, -0.2) is 0 Å². The van der Waals surface area contributed by atoms with Crippen molar-refractivity contribution in [2.75, 3.05) is 6.61 Å². The molecule has 1 aromatic carbocycles. The molecule has 1 rings (SSSR count). The maximum Gasteiger partial charge on any atom is 0.134 e. The van der Waals surface area contributed by atoms with E-state index in [-0.39, 0.29) is 6.61 Å². The highest BCUT2D eigenvalue weighted by Gasteiger charge is 1.98. The van der Waals surface area contributed by atoms with Crippen LogP contribution in [0.5, 0.6) is 0 Å².